The second kappa shape index (κ2) is 6.11. The van der Waals surface area contributed by atoms with Crippen molar-refractivity contribution in [2.24, 2.45) is 4.99 Å². The molecule has 0 atom stereocenters. The minimum Gasteiger partial charge on any atom is -0.392 e. The Labute approximate surface area is 127 Å². The molecule has 0 aliphatic carbocycles. The summed E-state index contributed by atoms with van der Waals surface area (Å²) in [5, 5.41) is 9.30. The highest BCUT2D eigenvalue weighted by Crippen LogP contribution is 2.31. The third kappa shape index (κ3) is 2.65. The first kappa shape index (κ1) is 14.5. The molecule has 110 valence electrons. The van der Waals surface area contributed by atoms with E-state index in [0.29, 0.717) is 17.0 Å². The number of benzene rings is 1. The van der Waals surface area contributed by atoms with Gasteiger partial charge >= 0.3 is 7.40 Å². The van der Waals surface area contributed by atoms with E-state index in [9.17, 15) is 13.7 Å². The molecule has 0 bridgehead atoms. The summed E-state index contributed by atoms with van der Waals surface area (Å²) < 4.78 is 27.3. The summed E-state index contributed by atoms with van der Waals surface area (Å²) in [6, 6.07) is 10.4. The van der Waals surface area contributed by atoms with Crippen LogP contribution in [0.25, 0.3) is 5.57 Å². The number of aliphatic imine (C=N–C) groups is 1. The lowest BCUT2D eigenvalue weighted by Crippen LogP contribution is -2.15. The Bertz CT molecular complexity index is 764. The second-order valence-corrected chi connectivity index (χ2v) is 4.83. The standard InChI is InChI=1S/C16H13BF2N2O/c18-17(19)21-9-3-7-15(21)16(14-6-2-8-20-14)13-5-1-4-12(10-13)11-22/h1-10,22H,11H2/b16-14-. The molecular weight excluding hydrogens is 285 g/mol. The van der Waals surface area contributed by atoms with Crippen LogP contribution in [-0.2, 0) is 6.61 Å². The highest BCUT2D eigenvalue weighted by atomic mass is 19.2. The molecule has 1 aliphatic rings. The van der Waals surface area contributed by atoms with Crippen molar-refractivity contribution < 1.29 is 13.7 Å². The van der Waals surface area contributed by atoms with Gasteiger partial charge in [-0.3, -0.25) is 13.6 Å². The van der Waals surface area contributed by atoms with E-state index < -0.39 is 7.40 Å². The topological polar surface area (TPSA) is 37.5 Å². The molecule has 0 spiro atoms. The van der Waals surface area contributed by atoms with E-state index in [2.05, 4.69) is 4.99 Å². The van der Waals surface area contributed by atoms with Gasteiger partial charge in [-0.2, -0.15) is 0 Å². The fraction of sp³-hybridized carbons (Fsp3) is 0.0625. The van der Waals surface area contributed by atoms with Crippen LogP contribution in [0.5, 0.6) is 0 Å². The summed E-state index contributed by atoms with van der Waals surface area (Å²) in [5.74, 6) is 0. The lowest BCUT2D eigenvalue weighted by molar-refractivity contribution is 0.282. The van der Waals surface area contributed by atoms with E-state index in [0.717, 1.165) is 15.6 Å². The van der Waals surface area contributed by atoms with Gasteiger partial charge < -0.3 is 9.58 Å². The molecule has 22 heavy (non-hydrogen) atoms. The predicted octanol–water partition coefficient (Wildman–Crippen LogP) is 3.15. The van der Waals surface area contributed by atoms with E-state index in [1.165, 1.54) is 6.20 Å². The smallest absolute Gasteiger partial charge is 0.392 e. The number of aliphatic hydroxyl groups excluding tert-OH is 1. The summed E-state index contributed by atoms with van der Waals surface area (Å²) in [5.41, 5.74) is 3.09. The molecule has 0 unspecified atom stereocenters. The summed E-state index contributed by atoms with van der Waals surface area (Å²) in [6.07, 6.45) is 6.52. The number of rotatable bonds is 4. The Morgan fingerprint density at radius 1 is 1.23 bits per heavy atom. The van der Waals surface area contributed by atoms with E-state index in [-0.39, 0.29) is 6.61 Å². The van der Waals surface area contributed by atoms with Crippen molar-refractivity contribution >= 4 is 19.2 Å². The minimum atomic E-state index is -2.63. The van der Waals surface area contributed by atoms with Crippen LogP contribution in [0.15, 0.2) is 65.4 Å². The number of aromatic nitrogens is 1. The monoisotopic (exact) mass is 298 g/mol. The quantitative estimate of drug-likeness (QED) is 0.865. The first-order valence-electron chi connectivity index (χ1n) is 6.81. The van der Waals surface area contributed by atoms with Gasteiger partial charge in [0.25, 0.3) is 0 Å². The van der Waals surface area contributed by atoms with Gasteiger partial charge in [-0.25, -0.2) is 0 Å². The molecule has 1 aromatic carbocycles. The Kier molecular flexibility index (Phi) is 4.02. The van der Waals surface area contributed by atoms with E-state index in [4.69, 9.17) is 0 Å². The van der Waals surface area contributed by atoms with Crippen LogP contribution in [-0.4, -0.2) is 23.2 Å². The van der Waals surface area contributed by atoms with Crippen LogP contribution in [0.4, 0.5) is 8.63 Å². The van der Waals surface area contributed by atoms with Crippen molar-refractivity contribution in [1.29, 1.82) is 0 Å². The summed E-state index contributed by atoms with van der Waals surface area (Å²) in [6.45, 7) is -0.106. The van der Waals surface area contributed by atoms with E-state index in [1.807, 2.05) is 6.07 Å². The second-order valence-electron chi connectivity index (χ2n) is 4.83. The van der Waals surface area contributed by atoms with Crippen molar-refractivity contribution in [1.82, 2.24) is 4.48 Å². The van der Waals surface area contributed by atoms with Crippen molar-refractivity contribution in [3.8, 4) is 0 Å². The fourth-order valence-corrected chi connectivity index (χ4v) is 2.48. The average Bonchev–Trinajstić information content (AvgIpc) is 3.20. The van der Waals surface area contributed by atoms with Crippen LogP contribution in [0.2, 0.25) is 0 Å². The normalized spacial score (nSPS) is 15.4. The van der Waals surface area contributed by atoms with Gasteiger partial charge in [-0.05, 0) is 47.7 Å². The molecule has 0 fully saturated rings. The minimum absolute atomic E-state index is 0.106. The first-order valence-corrected chi connectivity index (χ1v) is 6.81. The van der Waals surface area contributed by atoms with Gasteiger partial charge in [0.2, 0.25) is 0 Å². The maximum atomic E-state index is 13.2. The van der Waals surface area contributed by atoms with Gasteiger partial charge in [0, 0.05) is 17.5 Å². The molecule has 0 saturated carbocycles. The van der Waals surface area contributed by atoms with Crippen molar-refractivity contribution in [2.45, 2.75) is 6.61 Å². The Balaban J connectivity index is 2.21. The van der Waals surface area contributed by atoms with Gasteiger partial charge in [-0.1, -0.05) is 18.2 Å². The molecule has 2 heterocycles. The van der Waals surface area contributed by atoms with Crippen molar-refractivity contribution in [3.63, 3.8) is 0 Å². The molecular formula is C16H13BF2N2O. The van der Waals surface area contributed by atoms with E-state index in [1.54, 1.807) is 48.7 Å². The maximum Gasteiger partial charge on any atom is 0.677 e. The number of halogens is 2. The SMILES string of the molecule is OCc1cccc(/C(=C2\C=CC=N2)c2cccn2B(F)F)c1. The number of aliphatic hydroxyl groups is 1. The third-order valence-electron chi connectivity index (χ3n) is 3.45. The molecule has 1 N–H and O–H groups in total. The lowest BCUT2D eigenvalue weighted by atomic mass is 9.97. The molecule has 1 aromatic heterocycles. The van der Waals surface area contributed by atoms with Gasteiger partial charge in [0.05, 0.1) is 12.3 Å². The highest BCUT2D eigenvalue weighted by molar-refractivity contribution is 6.41. The van der Waals surface area contributed by atoms with Crippen LogP contribution >= 0.6 is 0 Å². The van der Waals surface area contributed by atoms with E-state index >= 15 is 0 Å². The van der Waals surface area contributed by atoms with Crippen LogP contribution in [0.3, 0.4) is 0 Å². The van der Waals surface area contributed by atoms with Crippen LogP contribution in [0.1, 0.15) is 16.8 Å². The molecule has 0 radical (unpaired) electrons. The molecule has 2 aromatic rings. The highest BCUT2D eigenvalue weighted by Gasteiger charge is 2.23. The van der Waals surface area contributed by atoms with Gasteiger partial charge in [0.1, 0.15) is 0 Å². The molecule has 3 rings (SSSR count). The maximum absolute atomic E-state index is 13.2. The number of hydrogen-bond donors (Lipinski definition) is 1. The van der Waals surface area contributed by atoms with Crippen LogP contribution in [0, 0.1) is 0 Å². The molecule has 1 aliphatic heterocycles. The Hall–Kier alpha value is -2.47. The zero-order chi connectivity index (χ0) is 15.5. The predicted molar refractivity (Wildman–Crippen MR) is 83.8 cm³/mol. The van der Waals surface area contributed by atoms with Gasteiger partial charge in [-0.15, -0.1) is 0 Å². The Morgan fingerprint density at radius 2 is 2.09 bits per heavy atom. The average molecular weight is 298 g/mol. The zero-order valence-electron chi connectivity index (χ0n) is 11.7. The van der Waals surface area contributed by atoms with Gasteiger partial charge in [0.15, 0.2) is 0 Å². The molecule has 3 nitrogen and oxygen atoms in total. The largest absolute Gasteiger partial charge is 0.677 e. The molecule has 0 saturated heterocycles. The number of allylic oxidation sites excluding steroid dienone is 2. The van der Waals surface area contributed by atoms with Crippen molar-refractivity contribution in [2.75, 3.05) is 0 Å². The summed E-state index contributed by atoms with van der Waals surface area (Å²) >= 11 is 0. The molecule has 6 heteroatoms. The number of nitrogens with zero attached hydrogens (tertiary/aromatic N) is 2. The summed E-state index contributed by atoms with van der Waals surface area (Å²) in [4.78, 5) is 4.25. The van der Waals surface area contributed by atoms with Crippen LogP contribution < -0.4 is 0 Å². The zero-order valence-corrected chi connectivity index (χ0v) is 11.7. The fourth-order valence-electron chi connectivity index (χ4n) is 2.48. The third-order valence-corrected chi connectivity index (χ3v) is 3.45. The first-order chi connectivity index (χ1) is 10.7. The Morgan fingerprint density at radius 3 is 2.77 bits per heavy atom. The van der Waals surface area contributed by atoms with Crippen molar-refractivity contribution in [3.05, 3.63) is 77.3 Å². The lowest BCUT2D eigenvalue weighted by Gasteiger charge is -2.13. The number of hydrogen-bond acceptors (Lipinski definition) is 2. The molecule has 0 amide bonds. The summed E-state index contributed by atoms with van der Waals surface area (Å²) in [7, 11) is -2.63.